The first-order chi connectivity index (χ1) is 17.4. The minimum Gasteiger partial charge on any atom is -0.391 e. The summed E-state index contributed by atoms with van der Waals surface area (Å²) in [5.74, 6) is -2.36. The normalized spacial score (nSPS) is 24.9. The van der Waals surface area contributed by atoms with Crippen LogP contribution in [0, 0.1) is 6.92 Å². The minimum absolute atomic E-state index is 0.186. The number of hydrogen-bond acceptors (Lipinski definition) is 7. The molecule has 2 aliphatic heterocycles. The maximum absolute atomic E-state index is 14.0. The molecule has 0 radical (unpaired) electrons. The maximum Gasteiger partial charge on any atom is 0.247 e. The Labute approximate surface area is 217 Å². The molecule has 37 heavy (non-hydrogen) atoms. The summed E-state index contributed by atoms with van der Waals surface area (Å²) < 4.78 is 0. The molecule has 0 bridgehead atoms. The highest BCUT2D eigenvalue weighted by atomic mass is 16.3. The van der Waals surface area contributed by atoms with Gasteiger partial charge in [0.25, 0.3) is 0 Å². The number of hydrogen-bond donors (Lipinski definition) is 5. The highest BCUT2D eigenvalue weighted by Gasteiger charge is 2.53. The number of rotatable bonds is 9. The van der Waals surface area contributed by atoms with Gasteiger partial charge in [0.05, 0.1) is 12.2 Å². The van der Waals surface area contributed by atoms with Crippen LogP contribution in [0.5, 0.6) is 0 Å². The van der Waals surface area contributed by atoms with Gasteiger partial charge in [-0.2, -0.15) is 0 Å². The molecule has 1 aromatic carbocycles. The van der Waals surface area contributed by atoms with Crippen LogP contribution in [0.15, 0.2) is 24.3 Å². The number of aliphatic hydroxyl groups is 2. The number of benzene rings is 1. The number of carbonyl (C=O) groups excluding carboxylic acids is 4. The summed E-state index contributed by atoms with van der Waals surface area (Å²) in [6.07, 6.45) is -0.253. The summed E-state index contributed by atoms with van der Waals surface area (Å²) in [5, 5.41) is 22.5. The maximum atomic E-state index is 14.0. The third kappa shape index (κ3) is 5.94. The van der Waals surface area contributed by atoms with E-state index in [4.69, 9.17) is 11.5 Å². The molecule has 0 saturated carbocycles. The van der Waals surface area contributed by atoms with Crippen LogP contribution in [-0.2, 0) is 25.6 Å². The van der Waals surface area contributed by atoms with Crippen LogP contribution in [-0.4, -0.2) is 92.6 Å². The Bertz CT molecular complexity index is 1030. The quantitative estimate of drug-likeness (QED) is 0.277. The van der Waals surface area contributed by atoms with Gasteiger partial charge in [0, 0.05) is 19.5 Å². The fraction of sp³-hybridized carbons (Fsp3) is 0.615. The summed E-state index contributed by atoms with van der Waals surface area (Å²) in [7, 11) is 0. The number of aryl methyl sites for hydroxylation is 1. The van der Waals surface area contributed by atoms with E-state index < -0.39 is 53.6 Å². The van der Waals surface area contributed by atoms with E-state index in [1.807, 2.05) is 31.2 Å². The minimum atomic E-state index is -1.35. The van der Waals surface area contributed by atoms with E-state index in [1.165, 1.54) is 23.6 Å². The molecule has 1 aromatic rings. The highest BCUT2D eigenvalue weighted by molar-refractivity contribution is 5.98. The molecule has 7 N–H and O–H groups in total. The van der Waals surface area contributed by atoms with Gasteiger partial charge < -0.3 is 36.8 Å². The Morgan fingerprint density at radius 2 is 1.84 bits per heavy atom. The predicted octanol–water partition coefficient (Wildman–Crippen LogP) is -1.05. The first-order valence-electron chi connectivity index (χ1n) is 12.8. The number of aliphatic hydroxyl groups excluding tert-OH is 2. The Balaban J connectivity index is 1.98. The SMILES string of the molecule is Cc1cccc(C[C@@]2(C(=O)NC(C(N)=O)[C@@H](C)O)CCCN2C(=O)[C@@H]2CCCN2C(=O)C(N)[C@@H](C)O)c1. The molecule has 2 unspecified atom stereocenters. The topological polar surface area (TPSA) is 179 Å². The molecular formula is C26H39N5O6. The van der Waals surface area contributed by atoms with Crippen LogP contribution < -0.4 is 16.8 Å². The molecule has 6 atom stereocenters. The molecule has 0 aromatic heterocycles. The van der Waals surface area contributed by atoms with E-state index in [0.717, 1.165) is 11.1 Å². The number of carbonyl (C=O) groups is 4. The van der Waals surface area contributed by atoms with Crippen LogP contribution in [0.3, 0.4) is 0 Å². The van der Waals surface area contributed by atoms with E-state index in [2.05, 4.69) is 5.32 Å². The lowest BCUT2D eigenvalue weighted by Gasteiger charge is -2.41. The first kappa shape index (κ1) is 28.5. The summed E-state index contributed by atoms with van der Waals surface area (Å²) in [6.45, 7) is 5.32. The summed E-state index contributed by atoms with van der Waals surface area (Å²) in [5.41, 5.74) is 11.8. The molecule has 3 rings (SSSR count). The van der Waals surface area contributed by atoms with Crippen LogP contribution in [0.25, 0.3) is 0 Å². The van der Waals surface area contributed by atoms with Gasteiger partial charge in [0.2, 0.25) is 23.6 Å². The number of nitrogens with zero attached hydrogens (tertiary/aromatic N) is 2. The van der Waals surface area contributed by atoms with Crippen molar-refractivity contribution in [3.8, 4) is 0 Å². The number of nitrogens with one attached hydrogen (secondary N) is 1. The number of likely N-dealkylation sites (tertiary alicyclic amines) is 2. The highest BCUT2D eigenvalue weighted by Crippen LogP contribution is 2.36. The molecule has 4 amide bonds. The zero-order chi connectivity index (χ0) is 27.5. The van der Waals surface area contributed by atoms with E-state index in [9.17, 15) is 29.4 Å². The van der Waals surface area contributed by atoms with Crippen LogP contribution in [0.4, 0.5) is 0 Å². The van der Waals surface area contributed by atoms with Gasteiger partial charge in [-0.3, -0.25) is 19.2 Å². The van der Waals surface area contributed by atoms with Crippen LogP contribution in [0.2, 0.25) is 0 Å². The molecule has 2 heterocycles. The summed E-state index contributed by atoms with van der Waals surface area (Å²) >= 11 is 0. The molecule has 11 heteroatoms. The Morgan fingerprint density at radius 1 is 1.14 bits per heavy atom. The average molecular weight is 518 g/mol. The smallest absolute Gasteiger partial charge is 0.247 e. The van der Waals surface area contributed by atoms with Crippen LogP contribution in [0.1, 0.15) is 50.7 Å². The third-order valence-corrected chi connectivity index (χ3v) is 7.46. The molecule has 2 fully saturated rings. The molecule has 2 saturated heterocycles. The van der Waals surface area contributed by atoms with Gasteiger partial charge >= 0.3 is 0 Å². The van der Waals surface area contributed by atoms with E-state index >= 15 is 0 Å². The summed E-state index contributed by atoms with van der Waals surface area (Å²) in [6, 6.07) is 4.30. The van der Waals surface area contributed by atoms with Crippen molar-refractivity contribution in [2.24, 2.45) is 11.5 Å². The second-order valence-electron chi connectivity index (χ2n) is 10.3. The fourth-order valence-corrected chi connectivity index (χ4v) is 5.43. The van der Waals surface area contributed by atoms with Crippen molar-refractivity contribution in [2.75, 3.05) is 13.1 Å². The lowest BCUT2D eigenvalue weighted by atomic mass is 9.85. The lowest BCUT2D eigenvalue weighted by Crippen LogP contribution is -2.65. The van der Waals surface area contributed by atoms with Gasteiger partial charge in [-0.25, -0.2) is 0 Å². The van der Waals surface area contributed by atoms with Crippen molar-refractivity contribution in [2.45, 2.75) is 88.7 Å². The monoisotopic (exact) mass is 517 g/mol. The van der Waals surface area contributed by atoms with Gasteiger partial charge in [0.1, 0.15) is 23.7 Å². The van der Waals surface area contributed by atoms with Gasteiger partial charge in [-0.15, -0.1) is 0 Å². The van der Waals surface area contributed by atoms with Crippen molar-refractivity contribution >= 4 is 23.6 Å². The van der Waals surface area contributed by atoms with Gasteiger partial charge in [0.15, 0.2) is 0 Å². The molecule has 2 aliphatic rings. The molecule has 204 valence electrons. The first-order valence-corrected chi connectivity index (χ1v) is 12.8. The second-order valence-corrected chi connectivity index (χ2v) is 10.3. The Morgan fingerprint density at radius 3 is 2.43 bits per heavy atom. The second kappa shape index (κ2) is 11.6. The predicted molar refractivity (Wildman–Crippen MR) is 136 cm³/mol. The van der Waals surface area contributed by atoms with Gasteiger partial charge in [-0.1, -0.05) is 29.8 Å². The van der Waals surface area contributed by atoms with Crippen molar-refractivity contribution in [1.29, 1.82) is 0 Å². The number of amides is 4. The van der Waals surface area contributed by atoms with Crippen molar-refractivity contribution < 1.29 is 29.4 Å². The molecule has 11 nitrogen and oxygen atoms in total. The van der Waals surface area contributed by atoms with Crippen molar-refractivity contribution in [3.63, 3.8) is 0 Å². The zero-order valence-corrected chi connectivity index (χ0v) is 21.7. The van der Waals surface area contributed by atoms with Gasteiger partial charge in [-0.05, 0) is 52.0 Å². The molecule has 0 spiro atoms. The zero-order valence-electron chi connectivity index (χ0n) is 21.7. The van der Waals surface area contributed by atoms with E-state index in [0.29, 0.717) is 32.2 Å². The number of nitrogens with two attached hydrogens (primary N) is 2. The molecular weight excluding hydrogens is 478 g/mol. The Kier molecular flexibility index (Phi) is 8.93. The largest absolute Gasteiger partial charge is 0.391 e. The Hall–Kier alpha value is -3.02. The third-order valence-electron chi connectivity index (χ3n) is 7.46. The standard InChI is InChI=1S/C26H39N5O6/c1-15-7-4-8-18(13-15)14-26(25(37)29-21(17(3)33)22(28)34)10-6-12-31(26)23(35)19-9-5-11-30(19)24(36)20(27)16(2)32/h4,7-8,13,16-17,19-21,32-33H,5-6,9-12,14,27H2,1-3H3,(H2,28,34)(H,29,37)/t16-,17-,19+,20?,21?,26-/m1/s1. The fourth-order valence-electron chi connectivity index (χ4n) is 5.43. The van der Waals surface area contributed by atoms with Crippen molar-refractivity contribution in [1.82, 2.24) is 15.1 Å². The average Bonchev–Trinajstić information content (AvgIpc) is 3.48. The number of primary amides is 1. The summed E-state index contributed by atoms with van der Waals surface area (Å²) in [4.78, 5) is 55.7. The molecule has 0 aliphatic carbocycles. The van der Waals surface area contributed by atoms with Crippen LogP contribution >= 0.6 is 0 Å². The lowest BCUT2D eigenvalue weighted by molar-refractivity contribution is -0.152. The van der Waals surface area contributed by atoms with E-state index in [1.54, 1.807) is 0 Å². The van der Waals surface area contributed by atoms with E-state index in [-0.39, 0.29) is 18.9 Å². The van der Waals surface area contributed by atoms with Crippen molar-refractivity contribution in [3.05, 3.63) is 35.4 Å².